The van der Waals surface area contributed by atoms with Crippen molar-refractivity contribution in [2.24, 2.45) is 5.73 Å². The van der Waals surface area contributed by atoms with Crippen molar-refractivity contribution in [2.75, 3.05) is 11.9 Å². The SMILES string of the molecule is NCCc1nccc(NCc2ccc(Cl)s2)n1. The third-order valence-corrected chi connectivity index (χ3v) is 3.38. The Balaban J connectivity index is 1.96. The van der Waals surface area contributed by atoms with Gasteiger partial charge < -0.3 is 11.1 Å². The van der Waals surface area contributed by atoms with Crippen LogP contribution in [0.3, 0.4) is 0 Å². The molecule has 2 heterocycles. The quantitative estimate of drug-likeness (QED) is 0.873. The number of hydrogen-bond donors (Lipinski definition) is 2. The first-order chi connectivity index (χ1) is 8.28. The first-order valence-electron chi connectivity index (χ1n) is 5.28. The summed E-state index contributed by atoms with van der Waals surface area (Å²) in [4.78, 5) is 9.67. The lowest BCUT2D eigenvalue weighted by molar-refractivity contribution is 0.866. The number of anilines is 1. The van der Waals surface area contributed by atoms with Gasteiger partial charge in [0.2, 0.25) is 0 Å². The van der Waals surface area contributed by atoms with Crippen LogP contribution in [0.15, 0.2) is 24.4 Å². The minimum absolute atomic E-state index is 0.560. The third-order valence-electron chi connectivity index (χ3n) is 2.15. The highest BCUT2D eigenvalue weighted by Gasteiger charge is 2.00. The molecule has 0 saturated carbocycles. The molecule has 0 atom stereocenters. The predicted molar refractivity (Wildman–Crippen MR) is 71.4 cm³/mol. The number of thiophene rings is 1. The van der Waals surface area contributed by atoms with Gasteiger partial charge in [-0.15, -0.1) is 11.3 Å². The lowest BCUT2D eigenvalue weighted by Gasteiger charge is -2.05. The molecule has 2 aromatic heterocycles. The van der Waals surface area contributed by atoms with Crippen LogP contribution in [0.4, 0.5) is 5.82 Å². The van der Waals surface area contributed by atoms with Gasteiger partial charge >= 0.3 is 0 Å². The Bertz CT molecular complexity index is 486. The number of aromatic nitrogens is 2. The summed E-state index contributed by atoms with van der Waals surface area (Å²) in [5, 5.41) is 3.23. The molecular weight excluding hydrogens is 256 g/mol. The van der Waals surface area contributed by atoms with E-state index in [9.17, 15) is 0 Å². The zero-order chi connectivity index (χ0) is 12.1. The van der Waals surface area contributed by atoms with Crippen LogP contribution in [0.5, 0.6) is 0 Å². The molecule has 3 N–H and O–H groups in total. The molecule has 0 radical (unpaired) electrons. The summed E-state index contributed by atoms with van der Waals surface area (Å²) in [6, 6.07) is 5.74. The smallest absolute Gasteiger partial charge is 0.131 e. The fourth-order valence-corrected chi connectivity index (χ4v) is 2.40. The van der Waals surface area contributed by atoms with Gasteiger partial charge in [0, 0.05) is 17.5 Å². The zero-order valence-electron chi connectivity index (χ0n) is 9.19. The maximum atomic E-state index is 5.86. The lowest BCUT2D eigenvalue weighted by Crippen LogP contribution is -2.08. The summed E-state index contributed by atoms with van der Waals surface area (Å²) in [6.45, 7) is 1.28. The maximum absolute atomic E-state index is 5.86. The average molecular weight is 269 g/mol. The molecule has 0 unspecified atom stereocenters. The summed E-state index contributed by atoms with van der Waals surface area (Å²) in [7, 11) is 0. The van der Waals surface area contributed by atoms with E-state index in [0.29, 0.717) is 13.0 Å². The molecule has 0 aliphatic carbocycles. The van der Waals surface area contributed by atoms with Gasteiger partial charge in [-0.1, -0.05) is 11.6 Å². The largest absolute Gasteiger partial charge is 0.365 e. The molecule has 6 heteroatoms. The second-order valence-corrected chi connectivity index (χ2v) is 5.26. The van der Waals surface area contributed by atoms with E-state index in [1.165, 1.54) is 4.88 Å². The summed E-state index contributed by atoms with van der Waals surface area (Å²) in [5.74, 6) is 1.58. The summed E-state index contributed by atoms with van der Waals surface area (Å²) in [5.41, 5.74) is 5.46. The van der Waals surface area contributed by atoms with Crippen molar-refractivity contribution in [3.8, 4) is 0 Å². The maximum Gasteiger partial charge on any atom is 0.131 e. The normalized spacial score (nSPS) is 10.5. The molecule has 0 fully saturated rings. The fraction of sp³-hybridized carbons (Fsp3) is 0.273. The van der Waals surface area contributed by atoms with E-state index < -0.39 is 0 Å². The van der Waals surface area contributed by atoms with Crippen molar-refractivity contribution in [2.45, 2.75) is 13.0 Å². The van der Waals surface area contributed by atoms with E-state index in [4.69, 9.17) is 17.3 Å². The molecule has 0 spiro atoms. The number of nitrogens with one attached hydrogen (secondary N) is 1. The minimum Gasteiger partial charge on any atom is -0.365 e. The van der Waals surface area contributed by atoms with Gasteiger partial charge in [0.15, 0.2) is 0 Å². The van der Waals surface area contributed by atoms with Gasteiger partial charge in [0.1, 0.15) is 11.6 Å². The van der Waals surface area contributed by atoms with Crippen LogP contribution in [0.25, 0.3) is 0 Å². The van der Waals surface area contributed by atoms with E-state index in [1.54, 1.807) is 17.5 Å². The van der Waals surface area contributed by atoms with Crippen LogP contribution in [0.1, 0.15) is 10.7 Å². The number of nitrogens with two attached hydrogens (primary N) is 1. The van der Waals surface area contributed by atoms with Crippen molar-refractivity contribution >= 4 is 28.8 Å². The van der Waals surface area contributed by atoms with Crippen molar-refractivity contribution in [1.29, 1.82) is 0 Å². The van der Waals surface area contributed by atoms with Crippen LogP contribution in [0, 0.1) is 0 Å². The Morgan fingerprint density at radius 1 is 1.35 bits per heavy atom. The summed E-state index contributed by atoms with van der Waals surface area (Å²) < 4.78 is 0.799. The molecule has 90 valence electrons. The van der Waals surface area contributed by atoms with Gasteiger partial charge in [-0.25, -0.2) is 9.97 Å². The molecule has 2 rings (SSSR count). The van der Waals surface area contributed by atoms with Crippen LogP contribution in [-0.2, 0) is 13.0 Å². The number of nitrogens with zero attached hydrogens (tertiary/aromatic N) is 2. The first kappa shape index (κ1) is 12.3. The molecule has 2 aromatic rings. The molecule has 0 aromatic carbocycles. The molecule has 0 saturated heterocycles. The molecule has 0 bridgehead atoms. The van der Waals surface area contributed by atoms with Crippen LogP contribution < -0.4 is 11.1 Å². The summed E-state index contributed by atoms with van der Waals surface area (Å²) in [6.07, 6.45) is 2.43. The molecule has 0 aliphatic heterocycles. The van der Waals surface area contributed by atoms with E-state index >= 15 is 0 Å². The monoisotopic (exact) mass is 268 g/mol. The lowest BCUT2D eigenvalue weighted by atomic mass is 10.4. The first-order valence-corrected chi connectivity index (χ1v) is 6.47. The van der Waals surface area contributed by atoms with Crippen molar-refractivity contribution < 1.29 is 0 Å². The van der Waals surface area contributed by atoms with Crippen LogP contribution >= 0.6 is 22.9 Å². The predicted octanol–water partition coefficient (Wildman–Crippen LogP) is 2.30. The fourth-order valence-electron chi connectivity index (χ4n) is 1.37. The van der Waals surface area contributed by atoms with Crippen molar-refractivity contribution in [1.82, 2.24) is 9.97 Å². The standard InChI is InChI=1S/C11H13ClN4S/c12-9-2-1-8(17-9)7-15-11-4-6-14-10(16-11)3-5-13/h1-2,4,6H,3,5,7,13H2,(H,14,15,16). The Labute approximate surface area is 109 Å². The highest BCUT2D eigenvalue weighted by Crippen LogP contribution is 2.21. The Hall–Kier alpha value is -1.17. The summed E-state index contributed by atoms with van der Waals surface area (Å²) >= 11 is 7.42. The number of halogens is 1. The van der Waals surface area contributed by atoms with E-state index in [-0.39, 0.29) is 0 Å². The zero-order valence-corrected chi connectivity index (χ0v) is 10.8. The van der Waals surface area contributed by atoms with Gasteiger partial charge in [-0.05, 0) is 24.7 Å². The van der Waals surface area contributed by atoms with Gasteiger partial charge in [0.25, 0.3) is 0 Å². The second-order valence-electron chi connectivity index (χ2n) is 3.46. The van der Waals surface area contributed by atoms with Gasteiger partial charge in [-0.2, -0.15) is 0 Å². The minimum atomic E-state index is 0.560. The van der Waals surface area contributed by atoms with E-state index in [0.717, 1.165) is 22.5 Å². The molecule has 4 nitrogen and oxygen atoms in total. The molecule has 0 amide bonds. The second kappa shape index (κ2) is 5.95. The van der Waals surface area contributed by atoms with Crippen molar-refractivity contribution in [3.63, 3.8) is 0 Å². The third kappa shape index (κ3) is 3.66. The highest BCUT2D eigenvalue weighted by molar-refractivity contribution is 7.16. The molecular formula is C11H13ClN4S. The van der Waals surface area contributed by atoms with E-state index in [2.05, 4.69) is 15.3 Å². The Kier molecular flexibility index (Phi) is 4.30. The van der Waals surface area contributed by atoms with Gasteiger partial charge in [-0.3, -0.25) is 0 Å². The Morgan fingerprint density at radius 2 is 2.24 bits per heavy atom. The van der Waals surface area contributed by atoms with Gasteiger partial charge in [0.05, 0.1) is 10.9 Å². The Morgan fingerprint density at radius 3 is 2.94 bits per heavy atom. The molecule has 0 aliphatic rings. The highest BCUT2D eigenvalue weighted by atomic mass is 35.5. The average Bonchev–Trinajstić information content (AvgIpc) is 2.74. The molecule has 17 heavy (non-hydrogen) atoms. The van der Waals surface area contributed by atoms with Crippen LogP contribution in [0.2, 0.25) is 4.34 Å². The van der Waals surface area contributed by atoms with Crippen molar-refractivity contribution in [3.05, 3.63) is 39.4 Å². The number of hydrogen-bond acceptors (Lipinski definition) is 5. The number of rotatable bonds is 5. The topological polar surface area (TPSA) is 63.8 Å². The van der Waals surface area contributed by atoms with Crippen LogP contribution in [-0.4, -0.2) is 16.5 Å². The van der Waals surface area contributed by atoms with E-state index in [1.807, 2.05) is 18.2 Å².